The van der Waals surface area contributed by atoms with Gasteiger partial charge in [-0.3, -0.25) is 0 Å². The Balaban J connectivity index is 2.79. The fourth-order valence-electron chi connectivity index (χ4n) is 1.64. The summed E-state index contributed by atoms with van der Waals surface area (Å²) < 4.78 is 5.03. The number of aromatic amines is 1. The number of ether oxygens (including phenoxy) is 1. The zero-order chi connectivity index (χ0) is 10.3. The van der Waals surface area contributed by atoms with Crippen molar-refractivity contribution in [3.8, 4) is 11.5 Å². The predicted octanol–water partition coefficient (Wildman–Crippen LogP) is 2.50. The third kappa shape index (κ3) is 1.13. The van der Waals surface area contributed by atoms with Gasteiger partial charge in [0.1, 0.15) is 0 Å². The normalized spacial score (nSPS) is 10.8. The zero-order valence-corrected chi connectivity index (χ0v) is 8.51. The molecule has 14 heavy (non-hydrogen) atoms. The molecule has 0 spiro atoms. The number of nitrogens with one attached hydrogen (secondary N) is 1. The fourth-order valence-corrected chi connectivity index (χ4v) is 1.64. The molecule has 0 saturated heterocycles. The molecule has 3 heteroatoms. The molecule has 2 rings (SSSR count). The van der Waals surface area contributed by atoms with Crippen LogP contribution in [0.1, 0.15) is 11.3 Å². The summed E-state index contributed by atoms with van der Waals surface area (Å²) in [5.41, 5.74) is 3.28. The molecule has 0 aliphatic carbocycles. The van der Waals surface area contributed by atoms with Gasteiger partial charge in [0.2, 0.25) is 0 Å². The average molecular weight is 191 g/mol. The second-order valence-corrected chi connectivity index (χ2v) is 3.44. The van der Waals surface area contributed by atoms with E-state index < -0.39 is 0 Å². The van der Waals surface area contributed by atoms with Crippen molar-refractivity contribution < 1.29 is 9.84 Å². The van der Waals surface area contributed by atoms with Gasteiger partial charge in [-0.15, -0.1) is 0 Å². The molecule has 1 aromatic heterocycles. The predicted molar refractivity (Wildman–Crippen MR) is 56.0 cm³/mol. The van der Waals surface area contributed by atoms with E-state index in [9.17, 15) is 5.11 Å². The van der Waals surface area contributed by atoms with Crippen molar-refractivity contribution in [2.45, 2.75) is 13.8 Å². The first-order valence-corrected chi connectivity index (χ1v) is 4.49. The minimum absolute atomic E-state index is 0.183. The molecule has 2 aromatic rings. The van der Waals surface area contributed by atoms with Crippen LogP contribution in [-0.2, 0) is 0 Å². The number of aryl methyl sites for hydroxylation is 2. The highest BCUT2D eigenvalue weighted by atomic mass is 16.5. The molecule has 0 aliphatic rings. The Bertz CT molecular complexity index is 485. The van der Waals surface area contributed by atoms with Crippen LogP contribution < -0.4 is 4.74 Å². The van der Waals surface area contributed by atoms with Gasteiger partial charge in [0, 0.05) is 22.7 Å². The van der Waals surface area contributed by atoms with Crippen molar-refractivity contribution >= 4 is 10.9 Å². The Morgan fingerprint density at radius 3 is 2.64 bits per heavy atom. The minimum atomic E-state index is 0.183. The van der Waals surface area contributed by atoms with Crippen molar-refractivity contribution in [3.05, 3.63) is 23.4 Å². The minimum Gasteiger partial charge on any atom is -0.504 e. The molecule has 0 aliphatic heterocycles. The fraction of sp³-hybridized carbons (Fsp3) is 0.273. The summed E-state index contributed by atoms with van der Waals surface area (Å²) in [4.78, 5) is 3.24. The van der Waals surface area contributed by atoms with E-state index in [0.717, 1.165) is 22.2 Å². The highest BCUT2D eigenvalue weighted by Gasteiger charge is 2.08. The molecular weight excluding hydrogens is 178 g/mol. The zero-order valence-electron chi connectivity index (χ0n) is 8.51. The number of hydrogen-bond donors (Lipinski definition) is 2. The Morgan fingerprint density at radius 2 is 2.00 bits per heavy atom. The Labute approximate surface area is 82.3 Å². The van der Waals surface area contributed by atoms with Crippen LogP contribution in [0.5, 0.6) is 11.5 Å². The number of fused-ring (bicyclic) bond motifs is 1. The van der Waals surface area contributed by atoms with E-state index in [1.165, 1.54) is 0 Å². The first kappa shape index (κ1) is 8.94. The van der Waals surface area contributed by atoms with Gasteiger partial charge < -0.3 is 14.8 Å². The summed E-state index contributed by atoms with van der Waals surface area (Å²) in [6.07, 6.45) is 0. The topological polar surface area (TPSA) is 45.2 Å². The van der Waals surface area contributed by atoms with Crippen molar-refractivity contribution in [1.29, 1.82) is 0 Å². The van der Waals surface area contributed by atoms with Crippen molar-refractivity contribution in [2.75, 3.05) is 7.11 Å². The Morgan fingerprint density at radius 1 is 1.29 bits per heavy atom. The Kier molecular flexibility index (Phi) is 1.88. The molecule has 0 atom stereocenters. The van der Waals surface area contributed by atoms with E-state index in [2.05, 4.69) is 4.98 Å². The number of H-pyrrole nitrogens is 1. The van der Waals surface area contributed by atoms with Crippen molar-refractivity contribution in [2.24, 2.45) is 0 Å². The summed E-state index contributed by atoms with van der Waals surface area (Å²) in [5, 5.41) is 10.6. The largest absolute Gasteiger partial charge is 0.504 e. The lowest BCUT2D eigenvalue weighted by Gasteiger charge is -2.02. The number of benzene rings is 1. The number of aromatic nitrogens is 1. The molecule has 1 aromatic carbocycles. The highest BCUT2D eigenvalue weighted by Crippen LogP contribution is 2.33. The second-order valence-electron chi connectivity index (χ2n) is 3.44. The van der Waals surface area contributed by atoms with E-state index in [0.29, 0.717) is 5.75 Å². The Hall–Kier alpha value is -1.64. The standard InChI is InChI=1S/C11H13NO2/c1-6-7(2)12-9-5-11(14-3)10(13)4-8(6)9/h4-5,12-13H,1-3H3. The monoisotopic (exact) mass is 191 g/mol. The van der Waals surface area contributed by atoms with Gasteiger partial charge in [0.15, 0.2) is 11.5 Å². The lowest BCUT2D eigenvalue weighted by molar-refractivity contribution is 0.374. The first-order chi connectivity index (χ1) is 6.63. The van der Waals surface area contributed by atoms with Gasteiger partial charge in [0.25, 0.3) is 0 Å². The lowest BCUT2D eigenvalue weighted by atomic mass is 10.1. The molecule has 0 fully saturated rings. The van der Waals surface area contributed by atoms with E-state index in [1.54, 1.807) is 13.2 Å². The molecule has 1 heterocycles. The number of aromatic hydroxyl groups is 1. The maximum absolute atomic E-state index is 9.60. The summed E-state index contributed by atoms with van der Waals surface area (Å²) in [5.74, 6) is 0.681. The maximum Gasteiger partial charge on any atom is 0.162 e. The van der Waals surface area contributed by atoms with Crippen LogP contribution >= 0.6 is 0 Å². The van der Waals surface area contributed by atoms with Gasteiger partial charge in [0.05, 0.1) is 7.11 Å². The van der Waals surface area contributed by atoms with Crippen LogP contribution in [0.25, 0.3) is 10.9 Å². The van der Waals surface area contributed by atoms with Crippen molar-refractivity contribution in [3.63, 3.8) is 0 Å². The van der Waals surface area contributed by atoms with E-state index in [-0.39, 0.29) is 5.75 Å². The van der Waals surface area contributed by atoms with E-state index >= 15 is 0 Å². The van der Waals surface area contributed by atoms with Crippen LogP contribution in [0.15, 0.2) is 12.1 Å². The smallest absolute Gasteiger partial charge is 0.162 e. The molecule has 74 valence electrons. The van der Waals surface area contributed by atoms with Gasteiger partial charge in [-0.25, -0.2) is 0 Å². The van der Waals surface area contributed by atoms with Crippen LogP contribution in [0.4, 0.5) is 0 Å². The first-order valence-electron chi connectivity index (χ1n) is 4.49. The molecule has 2 N–H and O–H groups in total. The summed E-state index contributed by atoms with van der Waals surface area (Å²) in [6.45, 7) is 4.04. The molecule has 0 amide bonds. The number of rotatable bonds is 1. The van der Waals surface area contributed by atoms with Crippen LogP contribution in [-0.4, -0.2) is 17.2 Å². The lowest BCUT2D eigenvalue weighted by Crippen LogP contribution is -1.83. The number of phenolic OH excluding ortho intramolecular Hbond substituents is 1. The quantitative estimate of drug-likeness (QED) is 0.727. The molecular formula is C11H13NO2. The number of phenols is 1. The van der Waals surface area contributed by atoms with Crippen LogP contribution in [0, 0.1) is 13.8 Å². The average Bonchev–Trinajstić information content (AvgIpc) is 2.43. The maximum atomic E-state index is 9.60. The summed E-state index contributed by atoms with van der Waals surface area (Å²) >= 11 is 0. The third-order valence-electron chi connectivity index (χ3n) is 2.61. The second kappa shape index (κ2) is 2.94. The van der Waals surface area contributed by atoms with Crippen LogP contribution in [0.3, 0.4) is 0 Å². The van der Waals surface area contributed by atoms with Gasteiger partial charge >= 0.3 is 0 Å². The van der Waals surface area contributed by atoms with Gasteiger partial charge in [-0.2, -0.15) is 0 Å². The number of methoxy groups -OCH3 is 1. The highest BCUT2D eigenvalue weighted by molar-refractivity contribution is 5.87. The molecule has 0 radical (unpaired) electrons. The van der Waals surface area contributed by atoms with Crippen molar-refractivity contribution in [1.82, 2.24) is 4.98 Å². The van der Waals surface area contributed by atoms with E-state index in [1.807, 2.05) is 19.9 Å². The molecule has 3 nitrogen and oxygen atoms in total. The SMILES string of the molecule is COc1cc2[nH]c(C)c(C)c2cc1O. The molecule has 0 bridgehead atoms. The number of hydrogen-bond acceptors (Lipinski definition) is 2. The van der Waals surface area contributed by atoms with Gasteiger partial charge in [-0.05, 0) is 25.5 Å². The molecule has 0 saturated carbocycles. The van der Waals surface area contributed by atoms with Crippen LogP contribution in [0.2, 0.25) is 0 Å². The van der Waals surface area contributed by atoms with E-state index in [4.69, 9.17) is 4.74 Å². The third-order valence-corrected chi connectivity index (χ3v) is 2.61. The summed E-state index contributed by atoms with van der Waals surface area (Å²) in [7, 11) is 1.55. The van der Waals surface area contributed by atoms with Gasteiger partial charge in [-0.1, -0.05) is 0 Å². The molecule has 0 unspecified atom stereocenters. The summed E-state index contributed by atoms with van der Waals surface area (Å²) in [6, 6.07) is 3.54.